The molecule has 0 aromatic heterocycles. The second-order valence-corrected chi connectivity index (χ2v) is 3.22. The third kappa shape index (κ3) is 1.86. The molecule has 0 N–H and O–H groups in total. The van der Waals surface area contributed by atoms with Gasteiger partial charge in [-0.2, -0.15) is 0 Å². The number of hydrogen-bond donors (Lipinski definition) is 0. The van der Waals surface area contributed by atoms with Crippen molar-refractivity contribution in [1.82, 2.24) is 4.90 Å². The lowest BCUT2D eigenvalue weighted by Gasteiger charge is -2.39. The van der Waals surface area contributed by atoms with Crippen molar-refractivity contribution in [3.8, 4) is 0 Å². The van der Waals surface area contributed by atoms with Crippen LogP contribution in [0.5, 0.6) is 0 Å². The molecule has 1 nitrogen and oxygen atoms in total. The van der Waals surface area contributed by atoms with Crippen LogP contribution in [-0.2, 0) is 0 Å². The summed E-state index contributed by atoms with van der Waals surface area (Å²) >= 11 is 0. The Balaban J connectivity index is 2.45. The summed E-state index contributed by atoms with van der Waals surface area (Å²) in [5.41, 5.74) is 1.37. The highest BCUT2D eigenvalue weighted by Gasteiger charge is 2.22. The monoisotopic (exact) mass is 151 g/mol. The normalized spacial score (nSPS) is 21.0. The van der Waals surface area contributed by atoms with E-state index in [-0.39, 0.29) is 0 Å². The van der Waals surface area contributed by atoms with Gasteiger partial charge in [0.2, 0.25) is 0 Å². The molecule has 0 saturated carbocycles. The van der Waals surface area contributed by atoms with E-state index in [1.165, 1.54) is 18.8 Å². The van der Waals surface area contributed by atoms with Crippen LogP contribution in [0.1, 0.15) is 20.8 Å². The highest BCUT2D eigenvalue weighted by molar-refractivity contribution is 5.18. The van der Waals surface area contributed by atoms with Crippen LogP contribution in [0, 0.1) is 5.92 Å². The van der Waals surface area contributed by atoms with Crippen LogP contribution < -0.4 is 0 Å². The summed E-state index contributed by atoms with van der Waals surface area (Å²) in [5.74, 6) is 0.884. The number of nitrogens with zero attached hydrogens (tertiary/aromatic N) is 1. The van der Waals surface area contributed by atoms with E-state index in [1.54, 1.807) is 0 Å². The van der Waals surface area contributed by atoms with Crippen molar-refractivity contribution in [3.05, 3.63) is 23.9 Å². The van der Waals surface area contributed by atoms with Crippen molar-refractivity contribution in [1.29, 1.82) is 0 Å². The number of likely N-dealkylation sites (tertiary alicyclic amines) is 1. The van der Waals surface area contributed by atoms with Gasteiger partial charge in [-0.1, -0.05) is 19.1 Å². The average molecular weight is 151 g/mol. The predicted octanol–water partition coefficient (Wildman–Crippen LogP) is 2.42. The van der Waals surface area contributed by atoms with Crippen LogP contribution in [0.15, 0.2) is 23.9 Å². The molecule has 0 unspecified atom stereocenters. The predicted molar refractivity (Wildman–Crippen MR) is 49.3 cm³/mol. The van der Waals surface area contributed by atoms with Gasteiger partial charge < -0.3 is 4.90 Å². The molecule has 1 aliphatic rings. The number of hydrogen-bond acceptors (Lipinski definition) is 1. The van der Waals surface area contributed by atoms with Crippen molar-refractivity contribution in [2.75, 3.05) is 13.1 Å². The van der Waals surface area contributed by atoms with Crippen molar-refractivity contribution in [3.63, 3.8) is 0 Å². The van der Waals surface area contributed by atoms with Crippen LogP contribution in [0.25, 0.3) is 0 Å². The van der Waals surface area contributed by atoms with Crippen LogP contribution in [0.3, 0.4) is 0 Å². The minimum atomic E-state index is 0.884. The number of allylic oxidation sites excluding steroid dienone is 3. The molecule has 1 heteroatoms. The molecule has 1 saturated heterocycles. The smallest absolute Gasteiger partial charge is 0.0319 e. The summed E-state index contributed by atoms with van der Waals surface area (Å²) in [6.45, 7) is 8.90. The standard InChI is InChI=1S/C10H17N/c1-4-6-10(5-2)11-7-9(3)8-11/h4-6,9H,7-8H2,1-3H3/b6-4-,10-5+. The molecule has 1 rings (SSSR count). The van der Waals surface area contributed by atoms with Crippen molar-refractivity contribution >= 4 is 0 Å². The molecule has 62 valence electrons. The topological polar surface area (TPSA) is 3.24 Å². The van der Waals surface area contributed by atoms with Gasteiger partial charge in [0.25, 0.3) is 0 Å². The Kier molecular flexibility index (Phi) is 2.75. The fourth-order valence-electron chi connectivity index (χ4n) is 1.46. The lowest BCUT2D eigenvalue weighted by Crippen LogP contribution is -2.43. The Morgan fingerprint density at radius 3 is 2.36 bits per heavy atom. The molecule has 0 bridgehead atoms. The van der Waals surface area contributed by atoms with Gasteiger partial charge in [-0.3, -0.25) is 0 Å². The lowest BCUT2D eigenvalue weighted by atomic mass is 10.0. The van der Waals surface area contributed by atoms with Crippen LogP contribution >= 0.6 is 0 Å². The van der Waals surface area contributed by atoms with E-state index in [1.807, 2.05) is 0 Å². The first-order chi connectivity index (χ1) is 5.27. The van der Waals surface area contributed by atoms with Gasteiger partial charge >= 0.3 is 0 Å². The van der Waals surface area contributed by atoms with Crippen LogP contribution in [-0.4, -0.2) is 18.0 Å². The third-order valence-corrected chi connectivity index (χ3v) is 2.06. The Hall–Kier alpha value is -0.720. The largest absolute Gasteiger partial charge is 0.371 e. The molecule has 1 heterocycles. The van der Waals surface area contributed by atoms with Gasteiger partial charge in [-0.15, -0.1) is 0 Å². The van der Waals surface area contributed by atoms with Gasteiger partial charge in [-0.05, 0) is 25.8 Å². The molecule has 1 aliphatic heterocycles. The third-order valence-electron chi connectivity index (χ3n) is 2.06. The second-order valence-electron chi connectivity index (χ2n) is 3.22. The minimum Gasteiger partial charge on any atom is -0.371 e. The Bertz CT molecular complexity index is 173. The van der Waals surface area contributed by atoms with Crippen molar-refractivity contribution < 1.29 is 0 Å². The second kappa shape index (κ2) is 3.61. The zero-order chi connectivity index (χ0) is 8.27. The first kappa shape index (κ1) is 8.38. The van der Waals surface area contributed by atoms with Gasteiger partial charge in [-0.25, -0.2) is 0 Å². The van der Waals surface area contributed by atoms with Gasteiger partial charge in [0, 0.05) is 18.8 Å². The van der Waals surface area contributed by atoms with E-state index in [9.17, 15) is 0 Å². The van der Waals surface area contributed by atoms with E-state index in [0.717, 1.165) is 5.92 Å². The highest BCUT2D eigenvalue weighted by Crippen LogP contribution is 2.20. The Labute approximate surface area is 69.4 Å². The van der Waals surface area contributed by atoms with Crippen LogP contribution in [0.4, 0.5) is 0 Å². The molecular weight excluding hydrogens is 134 g/mol. The van der Waals surface area contributed by atoms with Gasteiger partial charge in [0.05, 0.1) is 0 Å². The molecule has 0 radical (unpaired) electrons. The van der Waals surface area contributed by atoms with Crippen LogP contribution in [0.2, 0.25) is 0 Å². The maximum atomic E-state index is 2.41. The summed E-state index contributed by atoms with van der Waals surface area (Å²) in [7, 11) is 0. The van der Waals surface area contributed by atoms with Gasteiger partial charge in [0.1, 0.15) is 0 Å². The fraction of sp³-hybridized carbons (Fsp3) is 0.600. The molecule has 11 heavy (non-hydrogen) atoms. The molecule has 0 spiro atoms. The zero-order valence-electron chi connectivity index (χ0n) is 7.67. The quantitative estimate of drug-likeness (QED) is 0.548. The summed E-state index contributed by atoms with van der Waals surface area (Å²) in [4.78, 5) is 2.41. The van der Waals surface area contributed by atoms with E-state index in [4.69, 9.17) is 0 Å². The maximum Gasteiger partial charge on any atom is 0.0319 e. The van der Waals surface area contributed by atoms with Crippen molar-refractivity contribution in [2.24, 2.45) is 5.92 Å². The molecule has 0 aromatic carbocycles. The highest BCUT2D eigenvalue weighted by atomic mass is 15.2. The van der Waals surface area contributed by atoms with E-state index in [2.05, 4.69) is 43.9 Å². The molecular formula is C10H17N. The van der Waals surface area contributed by atoms with Crippen molar-refractivity contribution in [2.45, 2.75) is 20.8 Å². The molecule has 0 aromatic rings. The summed E-state index contributed by atoms with van der Waals surface area (Å²) in [5, 5.41) is 0. The lowest BCUT2D eigenvalue weighted by molar-refractivity contribution is 0.163. The summed E-state index contributed by atoms with van der Waals surface area (Å²) < 4.78 is 0. The van der Waals surface area contributed by atoms with Gasteiger partial charge in [0.15, 0.2) is 0 Å². The minimum absolute atomic E-state index is 0.884. The first-order valence-electron chi connectivity index (χ1n) is 4.32. The SMILES string of the molecule is C/C=C\C(=C/C)N1CC(C)C1. The maximum absolute atomic E-state index is 2.41. The van der Waals surface area contributed by atoms with E-state index >= 15 is 0 Å². The van der Waals surface area contributed by atoms with E-state index < -0.39 is 0 Å². The Morgan fingerprint density at radius 2 is 2.00 bits per heavy atom. The molecule has 1 fully saturated rings. The summed E-state index contributed by atoms with van der Waals surface area (Å²) in [6.07, 6.45) is 6.44. The molecule has 0 atom stereocenters. The Morgan fingerprint density at radius 1 is 1.36 bits per heavy atom. The molecule has 0 aliphatic carbocycles. The fourth-order valence-corrected chi connectivity index (χ4v) is 1.46. The number of rotatable bonds is 2. The zero-order valence-corrected chi connectivity index (χ0v) is 7.67. The average Bonchev–Trinajstić information content (AvgIpc) is 1.95. The molecule has 0 amide bonds. The first-order valence-corrected chi connectivity index (χ1v) is 4.32. The summed E-state index contributed by atoms with van der Waals surface area (Å²) in [6, 6.07) is 0. The van der Waals surface area contributed by atoms with E-state index in [0.29, 0.717) is 0 Å².